The molecule has 11 heteroatoms. The molecule has 0 bridgehead atoms. The Labute approximate surface area is 294 Å². The molecule has 266 valence electrons. The third kappa shape index (κ3) is 11.5. The molecule has 0 amide bonds. The average molecular weight is 686 g/mol. The molecule has 4 aromatic rings. The van der Waals surface area contributed by atoms with E-state index in [-0.39, 0.29) is 5.92 Å². The first-order valence-corrected chi connectivity index (χ1v) is 16.9. The van der Waals surface area contributed by atoms with Gasteiger partial charge < -0.3 is 33.3 Å². The molecule has 0 N–H and O–H groups in total. The number of nitrogens with zero attached hydrogens (tertiary/aromatic N) is 3. The third-order valence-corrected chi connectivity index (χ3v) is 7.95. The van der Waals surface area contributed by atoms with E-state index in [1.54, 1.807) is 57.7 Å². The number of hydroxylamine groups is 2. The fourth-order valence-corrected chi connectivity index (χ4v) is 5.65. The predicted molar refractivity (Wildman–Crippen MR) is 186 cm³/mol. The van der Waals surface area contributed by atoms with Crippen LogP contribution in [0.4, 0.5) is 4.79 Å². The predicted octanol–water partition coefficient (Wildman–Crippen LogP) is 6.91. The normalized spacial score (nSPS) is 18.0. The molecule has 0 aliphatic carbocycles. The van der Waals surface area contributed by atoms with E-state index in [9.17, 15) is 4.79 Å². The maximum Gasteiger partial charge on any atom is 0.528 e. The van der Waals surface area contributed by atoms with Crippen LogP contribution in [0.5, 0.6) is 11.5 Å². The van der Waals surface area contributed by atoms with Gasteiger partial charge in [0.1, 0.15) is 17.1 Å². The number of carbonyl (C=O) groups is 1. The first kappa shape index (κ1) is 36.7. The zero-order chi connectivity index (χ0) is 35.2. The van der Waals surface area contributed by atoms with Gasteiger partial charge >= 0.3 is 6.16 Å². The van der Waals surface area contributed by atoms with Crippen LogP contribution in [-0.2, 0) is 43.6 Å². The lowest BCUT2D eigenvalue weighted by Gasteiger charge is -2.42. The van der Waals surface area contributed by atoms with Gasteiger partial charge in [-0.15, -0.1) is 5.06 Å². The highest BCUT2D eigenvalue weighted by molar-refractivity contribution is 5.60. The SMILES string of the molecule is COc1ccccc1COCCCOc1ccc([C@H]2[C@@H](OCc3cccnc3)CN(OC(=O)OC(C)(C)C)C[C@H]2OCc2cccnc2)cc1. The quantitative estimate of drug-likeness (QED) is 0.0907. The molecule has 1 saturated heterocycles. The molecular weight excluding hydrogens is 638 g/mol. The summed E-state index contributed by atoms with van der Waals surface area (Å²) in [7, 11) is 1.66. The van der Waals surface area contributed by atoms with Gasteiger partial charge in [-0.25, -0.2) is 4.79 Å². The molecular formula is C39H47N3O8. The van der Waals surface area contributed by atoms with Crippen molar-refractivity contribution in [2.75, 3.05) is 33.4 Å². The zero-order valence-electron chi connectivity index (χ0n) is 29.2. The molecule has 1 aliphatic heterocycles. The van der Waals surface area contributed by atoms with Crippen LogP contribution in [0.3, 0.4) is 0 Å². The van der Waals surface area contributed by atoms with E-state index >= 15 is 0 Å². The zero-order valence-corrected chi connectivity index (χ0v) is 29.2. The van der Waals surface area contributed by atoms with Gasteiger partial charge in [0.05, 0.1) is 65.4 Å². The smallest absolute Gasteiger partial charge is 0.496 e. The number of hydrogen-bond donors (Lipinski definition) is 0. The van der Waals surface area contributed by atoms with E-state index in [0.717, 1.165) is 40.2 Å². The topological polar surface area (TPSA) is 111 Å². The van der Waals surface area contributed by atoms with Crippen molar-refractivity contribution in [2.24, 2.45) is 0 Å². The van der Waals surface area contributed by atoms with Crippen LogP contribution in [0.15, 0.2) is 97.6 Å². The highest BCUT2D eigenvalue weighted by atomic mass is 16.8. The minimum Gasteiger partial charge on any atom is -0.496 e. The van der Waals surface area contributed by atoms with Crippen molar-refractivity contribution in [3.05, 3.63) is 120 Å². The van der Waals surface area contributed by atoms with Crippen molar-refractivity contribution in [2.45, 2.75) is 70.7 Å². The van der Waals surface area contributed by atoms with E-state index in [1.807, 2.05) is 72.8 Å². The van der Waals surface area contributed by atoms with Gasteiger partial charge in [0.25, 0.3) is 0 Å². The molecule has 2 aromatic heterocycles. The number of hydrogen-bond acceptors (Lipinski definition) is 11. The standard InChI is InChI=1S/C39H47N3O8/c1-39(2,3)49-38(43)50-42-24-35(47-26-29-10-7-18-40-22-29)37(36(25-42)48-27-30-11-8-19-41-23-30)31-14-16-33(17-15-31)46-21-9-20-45-28-32-12-5-6-13-34(32)44-4/h5-8,10-19,22-23,35-37H,9,20-21,24-28H2,1-4H3/t35-,36+,37-. The summed E-state index contributed by atoms with van der Waals surface area (Å²) in [4.78, 5) is 26.9. The first-order chi connectivity index (χ1) is 24.3. The number of para-hydroxylation sites is 1. The molecule has 50 heavy (non-hydrogen) atoms. The first-order valence-electron chi connectivity index (χ1n) is 16.9. The lowest BCUT2D eigenvalue weighted by Crippen LogP contribution is -2.53. The van der Waals surface area contributed by atoms with Gasteiger partial charge in [-0.2, -0.15) is 0 Å². The second-order valence-electron chi connectivity index (χ2n) is 13.0. The molecule has 3 atom stereocenters. The molecule has 0 spiro atoms. The summed E-state index contributed by atoms with van der Waals surface area (Å²) in [5.74, 6) is 1.38. The van der Waals surface area contributed by atoms with Gasteiger partial charge in [-0.3, -0.25) is 9.97 Å². The maximum absolute atomic E-state index is 12.7. The molecule has 0 saturated carbocycles. The number of piperidine rings is 1. The Bertz CT molecular complexity index is 1530. The second kappa shape index (κ2) is 18.4. The van der Waals surface area contributed by atoms with Crippen LogP contribution in [0.25, 0.3) is 0 Å². The van der Waals surface area contributed by atoms with E-state index in [4.69, 9.17) is 33.3 Å². The van der Waals surface area contributed by atoms with Gasteiger partial charge in [0, 0.05) is 42.7 Å². The number of methoxy groups -OCH3 is 1. The molecule has 1 aliphatic rings. The van der Waals surface area contributed by atoms with Crippen molar-refractivity contribution >= 4 is 6.16 Å². The maximum atomic E-state index is 12.7. The highest BCUT2D eigenvalue weighted by Gasteiger charge is 2.41. The number of benzene rings is 2. The van der Waals surface area contributed by atoms with Crippen LogP contribution < -0.4 is 9.47 Å². The highest BCUT2D eigenvalue weighted by Crippen LogP contribution is 2.35. The van der Waals surface area contributed by atoms with Crippen LogP contribution in [0.1, 0.15) is 55.4 Å². The minimum atomic E-state index is -0.778. The van der Waals surface area contributed by atoms with E-state index in [0.29, 0.717) is 46.1 Å². The van der Waals surface area contributed by atoms with Crippen molar-refractivity contribution in [1.82, 2.24) is 15.0 Å². The molecule has 2 aromatic carbocycles. The van der Waals surface area contributed by atoms with Crippen LogP contribution >= 0.6 is 0 Å². The van der Waals surface area contributed by atoms with Crippen molar-refractivity contribution in [3.8, 4) is 11.5 Å². The summed E-state index contributed by atoms with van der Waals surface area (Å²) in [6.45, 7) is 8.21. The minimum absolute atomic E-state index is 0.195. The Hall–Kier alpha value is -4.55. The number of pyridine rings is 2. The van der Waals surface area contributed by atoms with Crippen LogP contribution in [0, 0.1) is 0 Å². The fourth-order valence-electron chi connectivity index (χ4n) is 5.65. The molecule has 0 radical (unpaired) electrons. The number of carbonyl (C=O) groups excluding carboxylic acids is 1. The van der Waals surface area contributed by atoms with Gasteiger partial charge in [-0.05, 0) is 67.8 Å². The number of rotatable bonds is 16. The summed E-state index contributed by atoms with van der Waals surface area (Å²) < 4.78 is 35.9. The largest absolute Gasteiger partial charge is 0.528 e. The Morgan fingerprint density at radius 3 is 2.02 bits per heavy atom. The molecule has 1 fully saturated rings. The van der Waals surface area contributed by atoms with Crippen LogP contribution in [0.2, 0.25) is 0 Å². The summed E-state index contributed by atoms with van der Waals surface area (Å²) in [6, 6.07) is 23.5. The van der Waals surface area contributed by atoms with E-state index in [2.05, 4.69) is 9.97 Å². The summed E-state index contributed by atoms with van der Waals surface area (Å²) in [5, 5.41) is 1.57. The third-order valence-electron chi connectivity index (χ3n) is 7.95. The van der Waals surface area contributed by atoms with Crippen LogP contribution in [-0.4, -0.2) is 72.4 Å². The van der Waals surface area contributed by atoms with Gasteiger partial charge in [0.15, 0.2) is 0 Å². The van der Waals surface area contributed by atoms with Gasteiger partial charge in [-0.1, -0.05) is 42.5 Å². The number of aromatic nitrogens is 2. The Morgan fingerprint density at radius 2 is 1.44 bits per heavy atom. The lowest BCUT2D eigenvalue weighted by atomic mass is 9.85. The monoisotopic (exact) mass is 685 g/mol. The summed E-state index contributed by atoms with van der Waals surface area (Å²) in [5.41, 5.74) is 3.19. The fraction of sp³-hybridized carbons (Fsp3) is 0.410. The molecule has 0 unspecified atom stereocenters. The molecule has 5 rings (SSSR count). The summed E-state index contributed by atoms with van der Waals surface area (Å²) in [6.07, 6.45) is 6.16. The molecule has 3 heterocycles. The van der Waals surface area contributed by atoms with Gasteiger partial charge in [0.2, 0.25) is 0 Å². The Morgan fingerprint density at radius 1 is 0.800 bits per heavy atom. The van der Waals surface area contributed by atoms with Crippen molar-refractivity contribution in [1.29, 1.82) is 0 Å². The molecule has 11 nitrogen and oxygen atoms in total. The Balaban J connectivity index is 1.26. The summed E-state index contributed by atoms with van der Waals surface area (Å²) >= 11 is 0. The van der Waals surface area contributed by atoms with Crippen molar-refractivity contribution in [3.63, 3.8) is 0 Å². The van der Waals surface area contributed by atoms with Crippen molar-refractivity contribution < 1.29 is 38.1 Å². The lowest BCUT2D eigenvalue weighted by molar-refractivity contribution is -0.209. The number of ether oxygens (including phenoxy) is 6. The second-order valence-corrected chi connectivity index (χ2v) is 13.0. The average Bonchev–Trinajstić information content (AvgIpc) is 3.11. The van der Waals surface area contributed by atoms with E-state index < -0.39 is 24.0 Å². The Kier molecular flexibility index (Phi) is 13.5. The van der Waals surface area contributed by atoms with E-state index in [1.165, 1.54) is 0 Å².